The van der Waals surface area contributed by atoms with Crippen LogP contribution in [0, 0.1) is 11.3 Å². The predicted molar refractivity (Wildman–Crippen MR) is 110 cm³/mol. The van der Waals surface area contributed by atoms with E-state index in [0.717, 1.165) is 42.6 Å². The molecule has 2 rings (SSSR count). The zero-order valence-electron chi connectivity index (χ0n) is 17.6. The molecule has 0 spiro atoms. The number of guanidine groups is 1. The Morgan fingerprint density at radius 3 is 2.63 bits per heavy atom. The zero-order chi connectivity index (χ0) is 19.9. The molecule has 1 aromatic carbocycles. The van der Waals surface area contributed by atoms with Crippen LogP contribution in [0.4, 0.5) is 0 Å². The Morgan fingerprint density at radius 2 is 2.00 bits per heavy atom. The molecule has 1 heterocycles. The van der Waals surface area contributed by atoms with E-state index in [1.807, 2.05) is 18.2 Å². The minimum absolute atomic E-state index is 0.139. The maximum Gasteiger partial charge on any atom is 0.191 e. The maximum absolute atomic E-state index is 6.07. The Bertz CT molecular complexity index is 626. The van der Waals surface area contributed by atoms with Gasteiger partial charge < -0.3 is 24.8 Å². The normalized spacial score (nSPS) is 20.9. The van der Waals surface area contributed by atoms with Crippen molar-refractivity contribution in [3.05, 3.63) is 23.8 Å². The van der Waals surface area contributed by atoms with Crippen molar-refractivity contribution in [2.24, 2.45) is 16.3 Å². The third-order valence-corrected chi connectivity index (χ3v) is 4.99. The molecule has 1 saturated heterocycles. The number of nitrogens with one attached hydrogen (secondary N) is 2. The van der Waals surface area contributed by atoms with Crippen molar-refractivity contribution in [3.8, 4) is 11.5 Å². The lowest BCUT2D eigenvalue weighted by molar-refractivity contribution is -0.0835. The van der Waals surface area contributed by atoms with Gasteiger partial charge in [-0.1, -0.05) is 20.8 Å². The lowest BCUT2D eigenvalue weighted by atomic mass is 9.78. The van der Waals surface area contributed by atoms with E-state index >= 15 is 0 Å². The van der Waals surface area contributed by atoms with Crippen LogP contribution in [0.15, 0.2) is 23.2 Å². The van der Waals surface area contributed by atoms with Gasteiger partial charge in [-0.15, -0.1) is 0 Å². The van der Waals surface area contributed by atoms with E-state index in [4.69, 9.17) is 14.2 Å². The molecule has 6 heteroatoms. The molecular weight excluding hydrogens is 342 g/mol. The summed E-state index contributed by atoms with van der Waals surface area (Å²) in [5, 5.41) is 6.83. The Morgan fingerprint density at radius 1 is 1.22 bits per heavy atom. The van der Waals surface area contributed by atoms with Gasteiger partial charge in [-0.2, -0.15) is 0 Å². The van der Waals surface area contributed by atoms with Crippen LogP contribution in [0.25, 0.3) is 0 Å². The third-order valence-electron chi connectivity index (χ3n) is 4.99. The summed E-state index contributed by atoms with van der Waals surface area (Å²) >= 11 is 0. The van der Waals surface area contributed by atoms with Crippen molar-refractivity contribution >= 4 is 5.96 Å². The lowest BCUT2D eigenvalue weighted by Gasteiger charge is -2.40. The number of hydrogen-bond acceptors (Lipinski definition) is 4. The summed E-state index contributed by atoms with van der Waals surface area (Å²) in [4.78, 5) is 4.35. The highest BCUT2D eigenvalue weighted by Gasteiger charge is 2.35. The van der Waals surface area contributed by atoms with Gasteiger partial charge in [-0.25, -0.2) is 0 Å². The molecule has 0 radical (unpaired) electrons. The minimum atomic E-state index is 0.139. The predicted octanol–water partition coefficient (Wildman–Crippen LogP) is 3.21. The van der Waals surface area contributed by atoms with Crippen molar-refractivity contribution in [1.82, 2.24) is 10.6 Å². The summed E-state index contributed by atoms with van der Waals surface area (Å²) in [5.41, 5.74) is 1.19. The van der Waals surface area contributed by atoms with Gasteiger partial charge in [0.05, 0.1) is 20.3 Å². The molecule has 6 nitrogen and oxygen atoms in total. The van der Waals surface area contributed by atoms with Crippen molar-refractivity contribution < 1.29 is 14.2 Å². The van der Waals surface area contributed by atoms with Gasteiger partial charge in [0.25, 0.3) is 0 Å². The van der Waals surface area contributed by atoms with E-state index in [1.165, 1.54) is 6.42 Å². The second kappa shape index (κ2) is 9.83. The molecule has 2 N–H and O–H groups in total. The Balaban J connectivity index is 1.92. The van der Waals surface area contributed by atoms with Crippen molar-refractivity contribution in [1.29, 1.82) is 0 Å². The highest BCUT2D eigenvalue weighted by molar-refractivity contribution is 5.79. The molecule has 2 atom stereocenters. The van der Waals surface area contributed by atoms with Crippen LogP contribution in [0.5, 0.6) is 11.5 Å². The van der Waals surface area contributed by atoms with Crippen LogP contribution in [0.3, 0.4) is 0 Å². The maximum atomic E-state index is 6.07. The topological polar surface area (TPSA) is 64.1 Å². The fourth-order valence-corrected chi connectivity index (χ4v) is 3.63. The fourth-order valence-electron chi connectivity index (χ4n) is 3.63. The van der Waals surface area contributed by atoms with Gasteiger partial charge in [0, 0.05) is 44.3 Å². The molecule has 0 aromatic heterocycles. The molecule has 0 bridgehead atoms. The van der Waals surface area contributed by atoms with Crippen LogP contribution >= 0.6 is 0 Å². The molecule has 0 saturated carbocycles. The third kappa shape index (κ3) is 6.03. The first-order chi connectivity index (χ1) is 12.9. The largest absolute Gasteiger partial charge is 0.497 e. The van der Waals surface area contributed by atoms with Gasteiger partial charge >= 0.3 is 0 Å². The van der Waals surface area contributed by atoms with Crippen LogP contribution in [-0.4, -0.2) is 46.5 Å². The number of hydrogen-bond donors (Lipinski definition) is 2. The molecular formula is C21H35N3O3. The number of nitrogens with zero attached hydrogens (tertiary/aromatic N) is 1. The number of aliphatic imine (C=N–C) groups is 1. The molecule has 1 aromatic rings. The number of benzene rings is 1. The lowest BCUT2D eigenvalue weighted by Crippen LogP contribution is -2.47. The number of ether oxygens (including phenoxy) is 3. The smallest absolute Gasteiger partial charge is 0.191 e. The van der Waals surface area contributed by atoms with Crippen LogP contribution in [0.1, 0.15) is 39.2 Å². The molecule has 152 valence electrons. The average molecular weight is 378 g/mol. The van der Waals surface area contributed by atoms with E-state index < -0.39 is 0 Å². The van der Waals surface area contributed by atoms with E-state index in [2.05, 4.69) is 36.4 Å². The highest BCUT2D eigenvalue weighted by Crippen LogP contribution is 2.33. The van der Waals surface area contributed by atoms with Crippen molar-refractivity contribution in [3.63, 3.8) is 0 Å². The molecule has 0 aliphatic carbocycles. The fraction of sp³-hybridized carbons (Fsp3) is 0.667. The first-order valence-electron chi connectivity index (χ1n) is 9.66. The SMILES string of the molecule is CN=C(NCc1ccc(OC)cc1OC)NCC1CCCOC1C(C)(C)C. The molecule has 2 unspecified atom stereocenters. The summed E-state index contributed by atoms with van der Waals surface area (Å²) in [5.74, 6) is 2.84. The Kier molecular flexibility index (Phi) is 7.78. The van der Waals surface area contributed by atoms with Gasteiger partial charge in [-0.05, 0) is 30.4 Å². The first-order valence-corrected chi connectivity index (χ1v) is 9.66. The quantitative estimate of drug-likeness (QED) is 0.589. The van der Waals surface area contributed by atoms with E-state index in [1.54, 1.807) is 21.3 Å². The highest BCUT2D eigenvalue weighted by atomic mass is 16.5. The summed E-state index contributed by atoms with van der Waals surface area (Å²) < 4.78 is 16.8. The molecule has 1 fully saturated rings. The van der Waals surface area contributed by atoms with Crippen molar-refractivity contribution in [2.45, 2.75) is 46.3 Å². The van der Waals surface area contributed by atoms with Gasteiger partial charge in [-0.3, -0.25) is 4.99 Å². The summed E-state index contributed by atoms with van der Waals surface area (Å²) in [6.45, 7) is 9.08. The molecule has 0 amide bonds. The molecule has 1 aliphatic heterocycles. The van der Waals surface area contributed by atoms with Gasteiger partial charge in [0.15, 0.2) is 5.96 Å². The van der Waals surface area contributed by atoms with Gasteiger partial charge in [0.1, 0.15) is 11.5 Å². The van der Waals surface area contributed by atoms with Crippen LogP contribution in [0.2, 0.25) is 0 Å². The Hall–Kier alpha value is -1.95. The minimum Gasteiger partial charge on any atom is -0.497 e. The summed E-state index contributed by atoms with van der Waals surface area (Å²) in [6, 6.07) is 5.83. The average Bonchev–Trinajstić information content (AvgIpc) is 2.67. The van der Waals surface area contributed by atoms with Crippen molar-refractivity contribution in [2.75, 3.05) is 34.4 Å². The number of rotatable bonds is 6. The standard InChI is InChI=1S/C21H35N3O3/c1-21(2,3)19-16(8-7-11-27-19)14-24-20(22-4)23-13-15-9-10-17(25-5)12-18(15)26-6/h9-10,12,16,19H,7-8,11,13-14H2,1-6H3,(H2,22,23,24). The molecule has 27 heavy (non-hydrogen) atoms. The second-order valence-corrected chi connectivity index (χ2v) is 8.04. The number of methoxy groups -OCH3 is 2. The summed E-state index contributed by atoms with van der Waals surface area (Å²) in [7, 11) is 5.11. The van der Waals surface area contributed by atoms with E-state index in [0.29, 0.717) is 12.5 Å². The van der Waals surface area contributed by atoms with E-state index in [-0.39, 0.29) is 11.5 Å². The van der Waals surface area contributed by atoms with E-state index in [9.17, 15) is 0 Å². The van der Waals surface area contributed by atoms with Crippen LogP contribution in [-0.2, 0) is 11.3 Å². The van der Waals surface area contributed by atoms with Crippen LogP contribution < -0.4 is 20.1 Å². The second-order valence-electron chi connectivity index (χ2n) is 8.04. The summed E-state index contributed by atoms with van der Waals surface area (Å²) in [6.07, 6.45) is 2.56. The van der Waals surface area contributed by atoms with Gasteiger partial charge in [0.2, 0.25) is 0 Å². The Labute approximate surface area is 163 Å². The monoisotopic (exact) mass is 377 g/mol. The molecule has 1 aliphatic rings. The first kappa shape index (κ1) is 21.4. The zero-order valence-corrected chi connectivity index (χ0v) is 17.6.